The van der Waals surface area contributed by atoms with Crippen LogP contribution in [0.15, 0.2) is 48.7 Å². The van der Waals surface area contributed by atoms with Gasteiger partial charge in [-0.3, -0.25) is 0 Å². The molecule has 0 radical (unpaired) electrons. The molecule has 1 aliphatic heterocycles. The van der Waals surface area contributed by atoms with E-state index in [9.17, 15) is 0 Å². The second kappa shape index (κ2) is 12.6. The molecule has 0 bridgehead atoms. The van der Waals surface area contributed by atoms with Crippen LogP contribution < -0.4 is 10.6 Å². The minimum Gasteiger partial charge on any atom is -0.344 e. The van der Waals surface area contributed by atoms with E-state index in [1.165, 1.54) is 111 Å². The van der Waals surface area contributed by atoms with Crippen molar-refractivity contribution in [3.8, 4) is 11.1 Å². The largest absolute Gasteiger partial charge is 0.344 e. The topological polar surface area (TPSA) is 29.0 Å². The lowest BCUT2D eigenvalue weighted by Gasteiger charge is -2.34. The number of fused-ring (bicyclic) bond motifs is 1. The zero-order valence-corrected chi connectivity index (χ0v) is 23.6. The van der Waals surface area contributed by atoms with Gasteiger partial charge >= 0.3 is 0 Å². The number of aryl methyl sites for hydroxylation is 1. The van der Waals surface area contributed by atoms with E-state index in [1.807, 2.05) is 13.8 Å². The van der Waals surface area contributed by atoms with Gasteiger partial charge in [-0.25, -0.2) is 0 Å². The van der Waals surface area contributed by atoms with Crippen LogP contribution >= 0.6 is 0 Å². The number of nitrogens with zero attached hydrogens (tertiary/aromatic N) is 1. The molecule has 2 aromatic carbocycles. The first-order chi connectivity index (χ1) is 18.2. The van der Waals surface area contributed by atoms with Crippen LogP contribution in [-0.2, 0) is 0 Å². The van der Waals surface area contributed by atoms with E-state index in [-0.39, 0.29) is 0 Å². The summed E-state index contributed by atoms with van der Waals surface area (Å²) in [4.78, 5) is 0. The fraction of sp³-hybridized carbons (Fsp3) is 0.588. The predicted molar refractivity (Wildman–Crippen MR) is 160 cm³/mol. The Morgan fingerprint density at radius 2 is 1.57 bits per heavy atom. The first-order valence-corrected chi connectivity index (χ1v) is 15.4. The number of benzene rings is 2. The van der Waals surface area contributed by atoms with E-state index in [1.54, 1.807) is 5.56 Å². The lowest BCUT2D eigenvalue weighted by atomic mass is 9.80. The Bertz CT molecular complexity index is 1130. The molecule has 0 spiro atoms. The molecule has 3 heteroatoms. The summed E-state index contributed by atoms with van der Waals surface area (Å²) in [5.41, 5.74) is 7.14. The van der Waals surface area contributed by atoms with Gasteiger partial charge in [0.1, 0.15) is 0 Å². The number of aromatic nitrogens is 1. The van der Waals surface area contributed by atoms with Crippen molar-refractivity contribution < 1.29 is 0 Å². The van der Waals surface area contributed by atoms with Gasteiger partial charge in [0, 0.05) is 35.2 Å². The van der Waals surface area contributed by atoms with E-state index in [2.05, 4.69) is 70.8 Å². The summed E-state index contributed by atoms with van der Waals surface area (Å²) in [5, 5.41) is 9.11. The van der Waals surface area contributed by atoms with Gasteiger partial charge < -0.3 is 15.2 Å². The number of hydrogen-bond acceptors (Lipinski definition) is 2. The minimum absolute atomic E-state index is 0.670. The van der Waals surface area contributed by atoms with Gasteiger partial charge in [-0.15, -0.1) is 0 Å². The third-order valence-electron chi connectivity index (χ3n) is 9.11. The van der Waals surface area contributed by atoms with Crippen molar-refractivity contribution in [1.82, 2.24) is 15.2 Å². The van der Waals surface area contributed by atoms with E-state index in [4.69, 9.17) is 0 Å². The number of hydrogen-bond donors (Lipinski definition) is 2. The lowest BCUT2D eigenvalue weighted by molar-refractivity contribution is 0.281. The molecular weight excluding hydrogens is 450 g/mol. The van der Waals surface area contributed by atoms with Gasteiger partial charge in [-0.05, 0) is 99.7 Å². The molecule has 2 atom stereocenters. The van der Waals surface area contributed by atoms with Crippen molar-refractivity contribution in [2.75, 3.05) is 13.1 Å². The second-order valence-corrected chi connectivity index (χ2v) is 11.6. The lowest BCUT2D eigenvalue weighted by Crippen LogP contribution is -2.46. The molecule has 0 amide bonds. The third kappa shape index (κ3) is 6.15. The minimum atomic E-state index is 0.670. The maximum absolute atomic E-state index is 4.07. The summed E-state index contributed by atoms with van der Waals surface area (Å²) in [6.07, 6.45) is 17.3. The van der Waals surface area contributed by atoms with Crippen LogP contribution in [0.3, 0.4) is 0 Å². The average Bonchev–Trinajstić information content (AvgIpc) is 3.34. The molecule has 2 unspecified atom stereocenters. The molecule has 200 valence electrons. The first kappa shape index (κ1) is 26.5. The van der Waals surface area contributed by atoms with Crippen molar-refractivity contribution in [2.45, 2.75) is 115 Å². The maximum atomic E-state index is 4.07. The first-order valence-electron chi connectivity index (χ1n) is 15.4. The molecule has 2 N–H and O–H groups in total. The Kier molecular flexibility index (Phi) is 9.05. The summed E-state index contributed by atoms with van der Waals surface area (Å²) < 4.78 is 2.69. The van der Waals surface area contributed by atoms with Crippen LogP contribution in [0.4, 0.5) is 0 Å². The highest BCUT2D eigenvalue weighted by molar-refractivity contribution is 5.89. The van der Waals surface area contributed by atoms with Gasteiger partial charge in [-0.2, -0.15) is 0 Å². The van der Waals surface area contributed by atoms with Crippen molar-refractivity contribution in [3.63, 3.8) is 0 Å². The van der Waals surface area contributed by atoms with Crippen LogP contribution in [-0.4, -0.2) is 29.7 Å². The van der Waals surface area contributed by atoms with Gasteiger partial charge in [0.05, 0.1) is 0 Å². The SMILES string of the molecule is CC.Cc1cccc(-c2ccc3c(c2)c(C2CCCC(NC4CCNCC4)C2)cn3C2CCCCC2)c1. The summed E-state index contributed by atoms with van der Waals surface area (Å²) in [5.74, 6) is 0.670. The van der Waals surface area contributed by atoms with Crippen LogP contribution in [0.2, 0.25) is 0 Å². The van der Waals surface area contributed by atoms with Gasteiger partial charge in [0.25, 0.3) is 0 Å². The predicted octanol–water partition coefficient (Wildman–Crippen LogP) is 8.52. The van der Waals surface area contributed by atoms with Crippen molar-refractivity contribution >= 4 is 10.9 Å². The smallest absolute Gasteiger partial charge is 0.0486 e. The average molecular weight is 500 g/mol. The van der Waals surface area contributed by atoms with Gasteiger partial charge in [0.15, 0.2) is 0 Å². The zero-order chi connectivity index (χ0) is 25.6. The van der Waals surface area contributed by atoms with Gasteiger partial charge in [-0.1, -0.05) is 75.4 Å². The van der Waals surface area contributed by atoms with Crippen molar-refractivity contribution in [2.24, 2.45) is 0 Å². The normalized spacial score (nSPS) is 23.5. The Hall–Kier alpha value is -2.10. The van der Waals surface area contributed by atoms with Gasteiger partial charge in [0.2, 0.25) is 0 Å². The fourth-order valence-corrected chi connectivity index (χ4v) is 7.22. The van der Waals surface area contributed by atoms with Crippen LogP contribution in [0.1, 0.15) is 108 Å². The summed E-state index contributed by atoms with van der Waals surface area (Å²) >= 11 is 0. The molecule has 3 fully saturated rings. The Balaban J connectivity index is 0.00000137. The molecular formula is C34H49N3. The van der Waals surface area contributed by atoms with E-state index < -0.39 is 0 Å². The zero-order valence-electron chi connectivity index (χ0n) is 23.6. The monoisotopic (exact) mass is 499 g/mol. The van der Waals surface area contributed by atoms with Crippen molar-refractivity contribution in [1.29, 1.82) is 0 Å². The standard InChI is InChI=1S/C32H43N3.C2H6/c1-23-7-5-8-24(19-23)25-13-14-32-30(21-25)31(22-35(32)29-11-3-2-4-12-29)26-9-6-10-28(20-26)34-27-15-17-33-18-16-27;1-2/h5,7-8,13-14,19,21-22,26-29,33-34H,2-4,6,9-12,15-18,20H2,1H3;1-2H3. The highest BCUT2D eigenvalue weighted by atomic mass is 15.0. The molecule has 2 heterocycles. The highest BCUT2D eigenvalue weighted by Gasteiger charge is 2.29. The molecule has 3 nitrogen and oxygen atoms in total. The molecule has 1 saturated heterocycles. The fourth-order valence-electron chi connectivity index (χ4n) is 7.22. The third-order valence-corrected chi connectivity index (χ3v) is 9.11. The number of rotatable bonds is 5. The Morgan fingerprint density at radius 3 is 2.35 bits per heavy atom. The van der Waals surface area contributed by atoms with Crippen LogP contribution in [0, 0.1) is 6.92 Å². The number of piperidine rings is 1. The molecule has 6 rings (SSSR count). The molecule has 3 aliphatic rings. The van der Waals surface area contributed by atoms with E-state index in [0.717, 1.165) is 0 Å². The molecule has 2 aliphatic carbocycles. The molecule has 2 saturated carbocycles. The molecule has 3 aromatic rings. The van der Waals surface area contributed by atoms with Crippen molar-refractivity contribution in [3.05, 3.63) is 59.8 Å². The summed E-state index contributed by atoms with van der Waals surface area (Å²) in [6.45, 7) is 8.54. The number of nitrogens with one attached hydrogen (secondary N) is 2. The van der Waals surface area contributed by atoms with E-state index >= 15 is 0 Å². The Morgan fingerprint density at radius 1 is 0.784 bits per heavy atom. The Labute approximate surface area is 225 Å². The quantitative estimate of drug-likeness (QED) is 0.368. The summed E-state index contributed by atoms with van der Waals surface area (Å²) in [6, 6.07) is 18.4. The highest BCUT2D eigenvalue weighted by Crippen LogP contribution is 2.42. The van der Waals surface area contributed by atoms with Crippen LogP contribution in [0.25, 0.3) is 22.0 Å². The molecule has 37 heavy (non-hydrogen) atoms. The maximum Gasteiger partial charge on any atom is 0.0486 e. The summed E-state index contributed by atoms with van der Waals surface area (Å²) in [7, 11) is 0. The second-order valence-electron chi connectivity index (χ2n) is 11.6. The van der Waals surface area contributed by atoms with E-state index in [0.29, 0.717) is 24.0 Å². The van der Waals surface area contributed by atoms with Crippen LogP contribution in [0.5, 0.6) is 0 Å². The molecule has 1 aromatic heterocycles.